The van der Waals surface area contributed by atoms with Crippen LogP contribution in [0.25, 0.3) is 0 Å². The first kappa shape index (κ1) is 6.14. The number of hydrogen-bond donors (Lipinski definition) is 0. The minimum absolute atomic E-state index is 0.263. The van der Waals surface area contributed by atoms with Crippen molar-refractivity contribution < 1.29 is 4.79 Å². The molecule has 0 aromatic carbocycles. The Morgan fingerprint density at radius 3 is 2.80 bits per heavy atom. The number of fused-ring (bicyclic) bond motifs is 2. The highest BCUT2D eigenvalue weighted by molar-refractivity contribution is 5.87. The van der Waals surface area contributed by atoms with E-state index in [0.717, 1.165) is 12.8 Å². The van der Waals surface area contributed by atoms with Crippen LogP contribution in [0.5, 0.6) is 0 Å². The predicted octanol–water partition coefficient (Wildman–Crippen LogP) is 1.93. The van der Waals surface area contributed by atoms with Gasteiger partial charge in [-0.15, -0.1) is 0 Å². The smallest absolute Gasteiger partial charge is 0.140 e. The summed E-state index contributed by atoms with van der Waals surface area (Å²) in [6.07, 6.45) is 4.32. The van der Waals surface area contributed by atoms with Crippen molar-refractivity contribution in [3.63, 3.8) is 0 Å². The minimum Gasteiger partial charge on any atom is -0.299 e. The van der Waals surface area contributed by atoms with Crippen molar-refractivity contribution >= 4 is 5.78 Å². The first-order valence-corrected chi connectivity index (χ1v) is 4.00. The minimum atomic E-state index is 0.263. The molecule has 2 aliphatic rings. The van der Waals surface area contributed by atoms with E-state index in [9.17, 15) is 4.79 Å². The van der Waals surface area contributed by atoms with Gasteiger partial charge in [0.25, 0.3) is 0 Å². The Morgan fingerprint density at radius 1 is 1.40 bits per heavy atom. The van der Waals surface area contributed by atoms with E-state index in [1.54, 1.807) is 0 Å². The highest BCUT2D eigenvalue weighted by Gasteiger charge is 2.38. The molecule has 0 heterocycles. The Morgan fingerprint density at radius 2 is 2.20 bits per heavy atom. The van der Waals surface area contributed by atoms with Gasteiger partial charge in [0.1, 0.15) is 5.78 Å². The number of Topliss-reactive ketones (excluding diaryl/α,β-unsaturated/α-hetero) is 1. The second-order valence-corrected chi connectivity index (χ2v) is 3.43. The topological polar surface area (TPSA) is 17.1 Å². The zero-order valence-corrected chi connectivity index (χ0v) is 6.10. The maximum atomic E-state index is 11.2. The molecule has 2 saturated carbocycles. The highest BCUT2D eigenvalue weighted by Crippen LogP contribution is 2.42. The van der Waals surface area contributed by atoms with Crippen molar-refractivity contribution in [2.75, 3.05) is 0 Å². The van der Waals surface area contributed by atoms with Crippen LogP contribution < -0.4 is 0 Å². The van der Waals surface area contributed by atoms with Crippen LogP contribution in [-0.2, 0) is 4.79 Å². The van der Waals surface area contributed by atoms with Crippen LogP contribution in [0.3, 0.4) is 0 Å². The Kier molecular flexibility index (Phi) is 1.19. The summed E-state index contributed by atoms with van der Waals surface area (Å²) < 4.78 is 0. The van der Waals surface area contributed by atoms with Crippen molar-refractivity contribution in [2.24, 2.45) is 11.8 Å². The van der Waals surface area contributed by atoms with Crippen molar-refractivity contribution in [3.05, 3.63) is 12.2 Å². The number of carbonyl (C=O) groups excluding carboxylic acids is 1. The van der Waals surface area contributed by atoms with Crippen molar-refractivity contribution in [1.29, 1.82) is 0 Å². The lowest BCUT2D eigenvalue weighted by atomic mass is 9.85. The Bertz CT molecular complexity index is 193. The van der Waals surface area contributed by atoms with Crippen LogP contribution >= 0.6 is 0 Å². The molecule has 2 fully saturated rings. The molecule has 1 heteroatoms. The summed E-state index contributed by atoms with van der Waals surface area (Å²) in [6.45, 7) is 3.97. The zero-order chi connectivity index (χ0) is 7.14. The maximum absolute atomic E-state index is 11.2. The van der Waals surface area contributed by atoms with Crippen LogP contribution in [0.15, 0.2) is 12.2 Å². The number of rotatable bonds is 0. The molecule has 2 aliphatic carbocycles. The molecule has 2 rings (SSSR count). The molecule has 0 aromatic heterocycles. The largest absolute Gasteiger partial charge is 0.299 e. The molecule has 10 heavy (non-hydrogen) atoms. The number of ketones is 1. The van der Waals surface area contributed by atoms with E-state index in [1.165, 1.54) is 18.4 Å². The van der Waals surface area contributed by atoms with Crippen LogP contribution in [-0.4, -0.2) is 5.78 Å². The van der Waals surface area contributed by atoms with E-state index in [4.69, 9.17) is 0 Å². The first-order valence-electron chi connectivity index (χ1n) is 4.00. The molecule has 2 bridgehead atoms. The number of carbonyl (C=O) groups is 1. The summed E-state index contributed by atoms with van der Waals surface area (Å²) in [7, 11) is 0. The standard InChI is InChI=1S/C9H12O/c1-6-7-3-2-4-8(6)9(10)5-7/h7-8H,1-5H2. The van der Waals surface area contributed by atoms with Crippen molar-refractivity contribution in [3.8, 4) is 0 Å². The summed E-state index contributed by atoms with van der Waals surface area (Å²) in [6, 6.07) is 0. The number of allylic oxidation sites excluding steroid dienone is 1. The lowest BCUT2D eigenvalue weighted by Crippen LogP contribution is -2.11. The zero-order valence-electron chi connectivity index (χ0n) is 6.10. The molecule has 2 unspecified atom stereocenters. The average molecular weight is 136 g/mol. The summed E-state index contributed by atoms with van der Waals surface area (Å²) in [5.41, 5.74) is 1.23. The molecule has 2 atom stereocenters. The maximum Gasteiger partial charge on any atom is 0.140 e. The molecule has 0 saturated heterocycles. The van der Waals surface area contributed by atoms with Gasteiger partial charge in [-0.2, -0.15) is 0 Å². The fraction of sp³-hybridized carbons (Fsp3) is 0.667. The van der Waals surface area contributed by atoms with Gasteiger partial charge in [0.15, 0.2) is 0 Å². The van der Waals surface area contributed by atoms with Crippen molar-refractivity contribution in [1.82, 2.24) is 0 Å². The molecule has 0 N–H and O–H groups in total. The quantitative estimate of drug-likeness (QED) is 0.465. The molecule has 0 aromatic rings. The predicted molar refractivity (Wildman–Crippen MR) is 39.6 cm³/mol. The normalized spacial score (nSPS) is 38.8. The summed E-state index contributed by atoms with van der Waals surface area (Å²) in [5.74, 6) is 1.28. The van der Waals surface area contributed by atoms with Crippen molar-refractivity contribution in [2.45, 2.75) is 25.7 Å². The van der Waals surface area contributed by atoms with Gasteiger partial charge in [-0.1, -0.05) is 18.6 Å². The van der Waals surface area contributed by atoms with Crippen LogP contribution in [0.4, 0.5) is 0 Å². The van der Waals surface area contributed by atoms with E-state index < -0.39 is 0 Å². The van der Waals surface area contributed by atoms with E-state index >= 15 is 0 Å². The summed E-state index contributed by atoms with van der Waals surface area (Å²) >= 11 is 0. The fourth-order valence-corrected chi connectivity index (χ4v) is 2.21. The van der Waals surface area contributed by atoms with E-state index in [-0.39, 0.29) is 5.92 Å². The lowest BCUT2D eigenvalue weighted by molar-refractivity contribution is -0.120. The Labute approximate surface area is 61.1 Å². The second kappa shape index (κ2) is 1.94. The third-order valence-corrected chi connectivity index (χ3v) is 2.85. The third kappa shape index (κ3) is 0.664. The average Bonchev–Trinajstić information content (AvgIpc) is 2.16. The number of hydrogen-bond acceptors (Lipinski definition) is 1. The Balaban J connectivity index is 2.30. The van der Waals surface area contributed by atoms with Gasteiger partial charge in [0.2, 0.25) is 0 Å². The van der Waals surface area contributed by atoms with Gasteiger partial charge in [-0.25, -0.2) is 0 Å². The highest BCUT2D eigenvalue weighted by atomic mass is 16.1. The van der Waals surface area contributed by atoms with Gasteiger partial charge >= 0.3 is 0 Å². The van der Waals surface area contributed by atoms with Crippen LogP contribution in [0.2, 0.25) is 0 Å². The van der Waals surface area contributed by atoms with Gasteiger partial charge in [0.05, 0.1) is 0 Å². The first-order chi connectivity index (χ1) is 4.79. The summed E-state index contributed by atoms with van der Waals surface area (Å²) in [4.78, 5) is 11.2. The van der Waals surface area contributed by atoms with Gasteiger partial charge in [-0.3, -0.25) is 4.79 Å². The third-order valence-electron chi connectivity index (χ3n) is 2.85. The second-order valence-electron chi connectivity index (χ2n) is 3.43. The van der Waals surface area contributed by atoms with E-state index in [0.29, 0.717) is 11.7 Å². The molecule has 0 radical (unpaired) electrons. The van der Waals surface area contributed by atoms with Gasteiger partial charge in [0, 0.05) is 12.3 Å². The SMILES string of the molecule is C=C1C2CCCC1C(=O)C2. The Hall–Kier alpha value is -0.590. The molecule has 0 aliphatic heterocycles. The molecule has 0 amide bonds. The van der Waals surface area contributed by atoms with Gasteiger partial charge in [-0.05, 0) is 18.8 Å². The van der Waals surface area contributed by atoms with E-state index in [2.05, 4.69) is 6.58 Å². The monoisotopic (exact) mass is 136 g/mol. The summed E-state index contributed by atoms with van der Waals surface area (Å²) in [5, 5.41) is 0. The van der Waals surface area contributed by atoms with E-state index in [1.807, 2.05) is 0 Å². The molecule has 54 valence electrons. The fourth-order valence-electron chi connectivity index (χ4n) is 2.21. The lowest BCUT2D eigenvalue weighted by Gasteiger charge is -2.19. The van der Waals surface area contributed by atoms with Crippen LogP contribution in [0.1, 0.15) is 25.7 Å². The molecular weight excluding hydrogens is 124 g/mol. The molecular formula is C9H12O. The molecule has 0 spiro atoms. The van der Waals surface area contributed by atoms with Crippen LogP contribution in [0, 0.1) is 11.8 Å². The van der Waals surface area contributed by atoms with Gasteiger partial charge < -0.3 is 0 Å². The molecule has 1 nitrogen and oxygen atoms in total.